The molecule has 1 aromatic carbocycles. The number of carboxylic acids is 1. The maximum absolute atomic E-state index is 11.5. The Labute approximate surface area is 139 Å². The lowest BCUT2D eigenvalue weighted by atomic mass is 9.89. The van der Waals surface area contributed by atoms with Gasteiger partial charge in [0.25, 0.3) is 5.69 Å². The third kappa shape index (κ3) is 3.18. The van der Waals surface area contributed by atoms with Gasteiger partial charge in [-0.3, -0.25) is 10.1 Å². The summed E-state index contributed by atoms with van der Waals surface area (Å²) >= 11 is 0. The van der Waals surface area contributed by atoms with Crippen molar-refractivity contribution in [2.75, 3.05) is 0 Å². The van der Waals surface area contributed by atoms with Crippen LogP contribution in [0.3, 0.4) is 0 Å². The van der Waals surface area contributed by atoms with Gasteiger partial charge in [0.15, 0.2) is 0 Å². The van der Waals surface area contributed by atoms with E-state index in [9.17, 15) is 14.9 Å². The molecule has 0 unspecified atom stereocenters. The Morgan fingerprint density at radius 3 is 2.58 bits per heavy atom. The van der Waals surface area contributed by atoms with Crippen LogP contribution in [0.15, 0.2) is 24.3 Å². The van der Waals surface area contributed by atoms with Crippen molar-refractivity contribution in [2.45, 2.75) is 44.1 Å². The molecule has 0 aromatic heterocycles. The highest BCUT2D eigenvalue weighted by Crippen LogP contribution is 2.43. The Balaban J connectivity index is 2.02. The van der Waals surface area contributed by atoms with E-state index in [2.05, 4.69) is 0 Å². The zero-order valence-corrected chi connectivity index (χ0v) is 13.2. The average molecular weight is 329 g/mol. The topological polar surface area (TPSA) is 89.7 Å². The zero-order chi connectivity index (χ0) is 17.2. The molecule has 0 bridgehead atoms. The van der Waals surface area contributed by atoms with Gasteiger partial charge in [0.2, 0.25) is 0 Å². The van der Waals surface area contributed by atoms with E-state index < -0.39 is 10.9 Å². The third-order valence-electron chi connectivity index (χ3n) is 4.61. The van der Waals surface area contributed by atoms with Gasteiger partial charge in [-0.2, -0.15) is 0 Å². The van der Waals surface area contributed by atoms with Gasteiger partial charge < -0.3 is 9.84 Å². The molecule has 1 aromatic rings. The number of aliphatic carboxylic acids is 1. The van der Waals surface area contributed by atoms with Crippen LogP contribution >= 0.6 is 0 Å². The van der Waals surface area contributed by atoms with Crippen LogP contribution in [0.4, 0.5) is 5.69 Å². The zero-order valence-electron chi connectivity index (χ0n) is 13.2. The number of ether oxygens (including phenoxy) is 1. The molecular weight excluding hydrogens is 310 g/mol. The van der Waals surface area contributed by atoms with Crippen LogP contribution in [0.1, 0.15) is 49.7 Å². The SMILES string of the molecule is O=C(O)/C=C/c1ccc2c(c1[N+](=O)[O-])C=CC1(CCCCCC1)O2. The number of carbonyl (C=O) groups is 1. The van der Waals surface area contributed by atoms with Gasteiger partial charge in [-0.25, -0.2) is 4.79 Å². The van der Waals surface area contributed by atoms with E-state index in [1.807, 2.05) is 6.08 Å². The fraction of sp³-hybridized carbons (Fsp3) is 0.389. The van der Waals surface area contributed by atoms with Gasteiger partial charge >= 0.3 is 5.97 Å². The number of fused-ring (bicyclic) bond motifs is 1. The van der Waals surface area contributed by atoms with Gasteiger partial charge in [0.05, 0.1) is 16.1 Å². The molecule has 6 heteroatoms. The van der Waals surface area contributed by atoms with Crippen LogP contribution in [-0.4, -0.2) is 21.6 Å². The van der Waals surface area contributed by atoms with Crippen molar-refractivity contribution in [2.24, 2.45) is 0 Å². The minimum atomic E-state index is -1.15. The van der Waals surface area contributed by atoms with Crippen molar-refractivity contribution in [1.29, 1.82) is 0 Å². The van der Waals surface area contributed by atoms with Gasteiger partial charge in [-0.05, 0) is 56.0 Å². The minimum Gasteiger partial charge on any atom is -0.482 e. The normalized spacial score (nSPS) is 18.8. The first-order valence-corrected chi connectivity index (χ1v) is 8.11. The summed E-state index contributed by atoms with van der Waals surface area (Å²) in [5.74, 6) is -0.648. The molecule has 1 aliphatic carbocycles. The van der Waals surface area contributed by atoms with E-state index in [0.717, 1.165) is 31.8 Å². The van der Waals surface area contributed by atoms with Gasteiger partial charge in [-0.1, -0.05) is 12.8 Å². The predicted octanol–water partition coefficient (Wildman–Crippen LogP) is 4.19. The second-order valence-electron chi connectivity index (χ2n) is 6.26. The molecule has 0 amide bonds. The Morgan fingerprint density at radius 2 is 1.96 bits per heavy atom. The van der Waals surface area contributed by atoms with Crippen molar-refractivity contribution in [3.05, 3.63) is 45.5 Å². The monoisotopic (exact) mass is 329 g/mol. The second kappa shape index (κ2) is 6.47. The van der Waals surface area contributed by atoms with Gasteiger partial charge in [-0.15, -0.1) is 0 Å². The minimum absolute atomic E-state index is 0.121. The fourth-order valence-electron chi connectivity index (χ4n) is 3.44. The van der Waals surface area contributed by atoms with E-state index in [-0.39, 0.29) is 16.9 Å². The molecule has 6 nitrogen and oxygen atoms in total. The maximum atomic E-state index is 11.5. The van der Waals surface area contributed by atoms with Crippen molar-refractivity contribution in [3.8, 4) is 5.75 Å². The van der Waals surface area contributed by atoms with Crippen molar-refractivity contribution in [1.82, 2.24) is 0 Å². The standard InChI is InChI=1S/C18H19NO5/c20-16(21)8-6-13-5-7-15-14(17(13)19(22)23)9-12-18(24-15)10-3-1-2-4-11-18/h5-9,12H,1-4,10-11H2,(H,20,21)/b8-6+. The third-order valence-corrected chi connectivity index (χ3v) is 4.61. The highest BCUT2D eigenvalue weighted by Gasteiger charge is 2.35. The number of benzene rings is 1. The fourth-order valence-corrected chi connectivity index (χ4v) is 3.44. The number of rotatable bonds is 3. The number of carboxylic acid groups (broad SMARTS) is 1. The van der Waals surface area contributed by atoms with Crippen molar-refractivity contribution >= 4 is 23.8 Å². The summed E-state index contributed by atoms with van der Waals surface area (Å²) in [6.45, 7) is 0. The highest BCUT2D eigenvalue weighted by molar-refractivity contribution is 5.87. The van der Waals surface area contributed by atoms with E-state index in [1.54, 1.807) is 18.2 Å². The molecule has 1 N–H and O–H groups in total. The Bertz CT molecular complexity index is 727. The molecule has 1 fully saturated rings. The van der Waals surface area contributed by atoms with Crippen molar-refractivity contribution in [3.63, 3.8) is 0 Å². The molecule has 1 aliphatic heterocycles. The van der Waals surface area contributed by atoms with Gasteiger partial charge in [0.1, 0.15) is 11.4 Å². The van der Waals surface area contributed by atoms with E-state index >= 15 is 0 Å². The number of nitro benzene ring substituents is 1. The van der Waals surface area contributed by atoms with E-state index in [0.29, 0.717) is 11.3 Å². The molecule has 24 heavy (non-hydrogen) atoms. The number of hydrogen-bond acceptors (Lipinski definition) is 4. The van der Waals surface area contributed by atoms with E-state index in [4.69, 9.17) is 9.84 Å². The number of hydrogen-bond donors (Lipinski definition) is 1. The molecule has 3 rings (SSSR count). The molecule has 1 heterocycles. The summed E-state index contributed by atoms with van der Waals surface area (Å²) in [6.07, 6.45) is 12.2. The number of nitrogens with zero attached hydrogens (tertiary/aromatic N) is 1. The first-order chi connectivity index (χ1) is 11.5. The maximum Gasteiger partial charge on any atom is 0.328 e. The molecule has 0 saturated heterocycles. The lowest BCUT2D eigenvalue weighted by Gasteiger charge is -2.34. The molecule has 0 radical (unpaired) electrons. The molecule has 2 aliphatic rings. The van der Waals surface area contributed by atoms with E-state index in [1.165, 1.54) is 18.9 Å². The number of nitro groups is 1. The lowest BCUT2D eigenvalue weighted by molar-refractivity contribution is -0.385. The summed E-state index contributed by atoms with van der Waals surface area (Å²) in [5.41, 5.74) is 0.175. The van der Waals surface area contributed by atoms with Crippen LogP contribution < -0.4 is 4.74 Å². The Kier molecular flexibility index (Phi) is 4.38. The van der Waals surface area contributed by atoms with Crippen LogP contribution in [0, 0.1) is 10.1 Å². The Morgan fingerprint density at radius 1 is 1.25 bits per heavy atom. The molecular formula is C18H19NO5. The molecule has 0 atom stereocenters. The van der Waals surface area contributed by atoms with Crippen LogP contribution in [-0.2, 0) is 4.79 Å². The van der Waals surface area contributed by atoms with Crippen LogP contribution in [0.25, 0.3) is 12.2 Å². The summed E-state index contributed by atoms with van der Waals surface area (Å²) in [6, 6.07) is 3.24. The summed E-state index contributed by atoms with van der Waals surface area (Å²) in [4.78, 5) is 21.7. The predicted molar refractivity (Wildman–Crippen MR) is 89.9 cm³/mol. The summed E-state index contributed by atoms with van der Waals surface area (Å²) < 4.78 is 6.18. The van der Waals surface area contributed by atoms with Crippen LogP contribution in [0.2, 0.25) is 0 Å². The molecule has 1 saturated carbocycles. The smallest absolute Gasteiger partial charge is 0.328 e. The van der Waals surface area contributed by atoms with Crippen LogP contribution in [0.5, 0.6) is 5.75 Å². The highest BCUT2D eigenvalue weighted by atomic mass is 16.6. The van der Waals surface area contributed by atoms with Crippen molar-refractivity contribution < 1.29 is 19.6 Å². The van der Waals surface area contributed by atoms with Gasteiger partial charge in [0, 0.05) is 6.08 Å². The summed E-state index contributed by atoms with van der Waals surface area (Å²) in [7, 11) is 0. The summed E-state index contributed by atoms with van der Waals surface area (Å²) in [5, 5.41) is 20.2. The quantitative estimate of drug-likeness (QED) is 0.510. The first-order valence-electron chi connectivity index (χ1n) is 8.11. The lowest BCUT2D eigenvalue weighted by Crippen LogP contribution is -2.35. The molecule has 1 spiro atoms. The average Bonchev–Trinajstić information content (AvgIpc) is 2.77. The largest absolute Gasteiger partial charge is 0.482 e. The molecule has 126 valence electrons. The Hall–Kier alpha value is -2.63. The first kappa shape index (κ1) is 16.2. The second-order valence-corrected chi connectivity index (χ2v) is 6.26.